The van der Waals surface area contributed by atoms with Gasteiger partial charge in [-0.25, -0.2) is 4.68 Å². The number of ether oxygens (including phenoxy) is 2. The van der Waals surface area contributed by atoms with Crippen LogP contribution in [0, 0.1) is 0 Å². The number of nitrogens with one attached hydrogen (secondary N) is 1. The van der Waals surface area contributed by atoms with E-state index in [0.29, 0.717) is 23.7 Å². The summed E-state index contributed by atoms with van der Waals surface area (Å²) in [5.41, 5.74) is 1.18. The molecule has 1 aromatic carbocycles. The quantitative estimate of drug-likeness (QED) is 0.890. The SMILES string of the molecule is COCn1cc(NC(=O)c2ccc(OC)cc2)cn1. The first kappa shape index (κ1) is 13.1. The summed E-state index contributed by atoms with van der Waals surface area (Å²) in [5, 5.41) is 6.79. The highest BCUT2D eigenvalue weighted by Crippen LogP contribution is 2.13. The smallest absolute Gasteiger partial charge is 0.255 e. The second kappa shape index (κ2) is 6.01. The van der Waals surface area contributed by atoms with E-state index >= 15 is 0 Å². The molecular weight excluding hydrogens is 246 g/mol. The summed E-state index contributed by atoms with van der Waals surface area (Å²) in [4.78, 5) is 12.0. The average Bonchev–Trinajstić information content (AvgIpc) is 2.86. The number of hydrogen-bond donors (Lipinski definition) is 1. The molecule has 1 N–H and O–H groups in total. The molecule has 0 fully saturated rings. The average molecular weight is 261 g/mol. The zero-order chi connectivity index (χ0) is 13.7. The van der Waals surface area contributed by atoms with Gasteiger partial charge in [0, 0.05) is 12.7 Å². The molecule has 0 aliphatic rings. The first-order valence-electron chi connectivity index (χ1n) is 5.69. The lowest BCUT2D eigenvalue weighted by Crippen LogP contribution is -2.11. The lowest BCUT2D eigenvalue weighted by atomic mass is 10.2. The van der Waals surface area contributed by atoms with Gasteiger partial charge in [-0.3, -0.25) is 4.79 Å². The largest absolute Gasteiger partial charge is 0.497 e. The normalized spacial score (nSPS) is 10.2. The van der Waals surface area contributed by atoms with Crippen LogP contribution in [0.2, 0.25) is 0 Å². The summed E-state index contributed by atoms with van der Waals surface area (Å²) in [5.74, 6) is 0.518. The molecule has 6 nitrogen and oxygen atoms in total. The highest BCUT2D eigenvalue weighted by molar-refractivity contribution is 6.04. The lowest BCUT2D eigenvalue weighted by molar-refractivity contribution is 0.102. The van der Waals surface area contributed by atoms with Gasteiger partial charge in [-0.2, -0.15) is 5.10 Å². The number of carbonyl (C=O) groups is 1. The van der Waals surface area contributed by atoms with Crippen LogP contribution in [0.15, 0.2) is 36.7 Å². The first-order valence-corrected chi connectivity index (χ1v) is 5.69. The van der Waals surface area contributed by atoms with Crippen LogP contribution in [0.3, 0.4) is 0 Å². The van der Waals surface area contributed by atoms with E-state index in [0.717, 1.165) is 0 Å². The van der Waals surface area contributed by atoms with E-state index in [4.69, 9.17) is 9.47 Å². The Bertz CT molecular complexity index is 549. The zero-order valence-corrected chi connectivity index (χ0v) is 10.8. The molecule has 0 bridgehead atoms. The second-order valence-corrected chi connectivity index (χ2v) is 3.87. The van der Waals surface area contributed by atoms with Gasteiger partial charge in [0.05, 0.1) is 25.2 Å². The van der Waals surface area contributed by atoms with Crippen LogP contribution < -0.4 is 10.1 Å². The van der Waals surface area contributed by atoms with Gasteiger partial charge in [0.2, 0.25) is 0 Å². The Morgan fingerprint density at radius 3 is 2.68 bits per heavy atom. The molecular formula is C13H15N3O3. The maximum Gasteiger partial charge on any atom is 0.255 e. The summed E-state index contributed by atoms with van der Waals surface area (Å²) in [6.45, 7) is 0.346. The molecule has 1 heterocycles. The van der Waals surface area contributed by atoms with Gasteiger partial charge in [0.25, 0.3) is 5.91 Å². The molecule has 0 atom stereocenters. The molecule has 0 saturated carbocycles. The van der Waals surface area contributed by atoms with Crippen LogP contribution in [0.25, 0.3) is 0 Å². The molecule has 1 amide bonds. The van der Waals surface area contributed by atoms with Gasteiger partial charge in [0.1, 0.15) is 12.5 Å². The third-order valence-electron chi connectivity index (χ3n) is 2.50. The molecule has 2 aromatic rings. The predicted octanol–water partition coefficient (Wildman–Crippen LogP) is 1.75. The molecule has 2 rings (SSSR count). The summed E-state index contributed by atoms with van der Waals surface area (Å²) in [7, 11) is 3.16. The minimum atomic E-state index is -0.195. The molecule has 6 heteroatoms. The molecule has 0 radical (unpaired) electrons. The standard InChI is InChI=1S/C13H15N3O3/c1-18-9-16-8-11(7-14-16)15-13(17)10-3-5-12(19-2)6-4-10/h3-8H,9H2,1-2H3,(H,15,17). The zero-order valence-electron chi connectivity index (χ0n) is 10.8. The maximum atomic E-state index is 12.0. The number of hydrogen-bond acceptors (Lipinski definition) is 4. The van der Waals surface area contributed by atoms with Crippen molar-refractivity contribution in [3.63, 3.8) is 0 Å². The Labute approximate surface area is 110 Å². The van der Waals surface area contributed by atoms with E-state index in [2.05, 4.69) is 10.4 Å². The van der Waals surface area contributed by atoms with Crippen molar-refractivity contribution in [2.24, 2.45) is 0 Å². The predicted molar refractivity (Wildman–Crippen MR) is 70.2 cm³/mol. The Morgan fingerprint density at radius 2 is 2.05 bits per heavy atom. The van der Waals surface area contributed by atoms with Crippen molar-refractivity contribution in [1.29, 1.82) is 0 Å². The first-order chi connectivity index (χ1) is 9.22. The van der Waals surface area contributed by atoms with Crippen molar-refractivity contribution in [2.75, 3.05) is 19.5 Å². The van der Waals surface area contributed by atoms with Gasteiger partial charge >= 0.3 is 0 Å². The fourth-order valence-electron chi connectivity index (χ4n) is 1.58. The Morgan fingerprint density at radius 1 is 1.32 bits per heavy atom. The van der Waals surface area contributed by atoms with Crippen LogP contribution >= 0.6 is 0 Å². The van der Waals surface area contributed by atoms with E-state index in [1.807, 2.05) is 0 Å². The minimum Gasteiger partial charge on any atom is -0.497 e. The molecule has 0 saturated heterocycles. The molecule has 19 heavy (non-hydrogen) atoms. The Hall–Kier alpha value is -2.34. The number of anilines is 1. The fraction of sp³-hybridized carbons (Fsp3) is 0.231. The third-order valence-corrected chi connectivity index (χ3v) is 2.50. The van der Waals surface area contributed by atoms with Crippen molar-refractivity contribution in [3.05, 3.63) is 42.2 Å². The van der Waals surface area contributed by atoms with Crippen LogP contribution in [0.1, 0.15) is 10.4 Å². The Balaban J connectivity index is 2.02. The van der Waals surface area contributed by atoms with Crippen LogP contribution in [0.5, 0.6) is 5.75 Å². The van der Waals surface area contributed by atoms with E-state index in [-0.39, 0.29) is 5.91 Å². The lowest BCUT2D eigenvalue weighted by Gasteiger charge is -2.04. The van der Waals surface area contributed by atoms with Gasteiger partial charge < -0.3 is 14.8 Å². The Kier molecular flexibility index (Phi) is 4.15. The molecule has 1 aromatic heterocycles. The molecule has 0 aliphatic carbocycles. The van der Waals surface area contributed by atoms with Gasteiger partial charge in [-0.15, -0.1) is 0 Å². The van der Waals surface area contributed by atoms with Crippen molar-refractivity contribution >= 4 is 11.6 Å². The second-order valence-electron chi connectivity index (χ2n) is 3.87. The summed E-state index contributed by atoms with van der Waals surface area (Å²) in [6.07, 6.45) is 3.27. The van der Waals surface area contributed by atoms with Crippen molar-refractivity contribution in [3.8, 4) is 5.75 Å². The number of carbonyl (C=O) groups excluding carboxylic acids is 1. The minimum absolute atomic E-state index is 0.195. The highest BCUT2D eigenvalue weighted by atomic mass is 16.5. The van der Waals surface area contributed by atoms with Gasteiger partial charge in [0.15, 0.2) is 0 Å². The number of nitrogens with zero attached hydrogens (tertiary/aromatic N) is 2. The van der Waals surface area contributed by atoms with E-state index in [1.165, 1.54) is 0 Å². The molecule has 100 valence electrons. The highest BCUT2D eigenvalue weighted by Gasteiger charge is 2.07. The maximum absolute atomic E-state index is 12.0. The number of rotatable bonds is 5. The van der Waals surface area contributed by atoms with Crippen molar-refractivity contribution in [2.45, 2.75) is 6.73 Å². The summed E-state index contributed by atoms with van der Waals surface area (Å²) < 4.78 is 11.6. The summed E-state index contributed by atoms with van der Waals surface area (Å²) in [6, 6.07) is 6.88. The van der Waals surface area contributed by atoms with E-state index in [1.54, 1.807) is 55.6 Å². The topological polar surface area (TPSA) is 65.4 Å². The van der Waals surface area contributed by atoms with Crippen LogP contribution in [0.4, 0.5) is 5.69 Å². The molecule has 0 aliphatic heterocycles. The number of benzene rings is 1. The van der Waals surface area contributed by atoms with Crippen LogP contribution in [-0.2, 0) is 11.5 Å². The number of methoxy groups -OCH3 is 2. The molecule has 0 spiro atoms. The van der Waals surface area contributed by atoms with E-state index < -0.39 is 0 Å². The number of amides is 1. The van der Waals surface area contributed by atoms with Gasteiger partial charge in [-0.05, 0) is 24.3 Å². The molecule has 0 unspecified atom stereocenters. The summed E-state index contributed by atoms with van der Waals surface area (Å²) >= 11 is 0. The van der Waals surface area contributed by atoms with E-state index in [9.17, 15) is 4.79 Å². The van der Waals surface area contributed by atoms with Gasteiger partial charge in [-0.1, -0.05) is 0 Å². The fourth-order valence-corrected chi connectivity index (χ4v) is 1.58. The third kappa shape index (κ3) is 3.32. The van der Waals surface area contributed by atoms with Crippen LogP contribution in [-0.4, -0.2) is 29.9 Å². The monoisotopic (exact) mass is 261 g/mol. The van der Waals surface area contributed by atoms with Crippen molar-refractivity contribution < 1.29 is 14.3 Å². The van der Waals surface area contributed by atoms with Crippen molar-refractivity contribution in [1.82, 2.24) is 9.78 Å². The number of aromatic nitrogens is 2.